The summed E-state index contributed by atoms with van der Waals surface area (Å²) in [6, 6.07) is 8.23. The summed E-state index contributed by atoms with van der Waals surface area (Å²) in [4.78, 5) is 31.6. The molecule has 1 aliphatic rings. The third-order valence-electron chi connectivity index (χ3n) is 6.37. The van der Waals surface area contributed by atoms with Crippen LogP contribution in [0.3, 0.4) is 0 Å². The third kappa shape index (κ3) is 4.17. The second kappa shape index (κ2) is 9.30. The fourth-order valence-electron chi connectivity index (χ4n) is 4.54. The maximum atomic E-state index is 13.5. The van der Waals surface area contributed by atoms with E-state index in [1.807, 2.05) is 39.0 Å². The molecule has 0 amide bonds. The molecule has 1 fully saturated rings. The predicted molar refractivity (Wildman–Crippen MR) is 133 cm³/mol. The number of rotatable bonds is 5. The highest BCUT2D eigenvalue weighted by Crippen LogP contribution is 2.28. The highest BCUT2D eigenvalue weighted by atomic mass is 16.5. The van der Waals surface area contributed by atoms with Crippen LogP contribution in [-0.4, -0.2) is 43.8 Å². The lowest BCUT2D eigenvalue weighted by molar-refractivity contribution is 0.0903. The summed E-state index contributed by atoms with van der Waals surface area (Å²) in [5, 5.41) is 4.23. The van der Waals surface area contributed by atoms with Gasteiger partial charge in [0.05, 0.1) is 11.4 Å². The first kappa shape index (κ1) is 22.2. The number of pyridine rings is 1. The van der Waals surface area contributed by atoms with E-state index in [0.29, 0.717) is 23.7 Å². The number of hydrogen-bond acceptors (Lipinski definition) is 7. The molecule has 1 aromatic carbocycles. The zero-order valence-corrected chi connectivity index (χ0v) is 19.7. The van der Waals surface area contributed by atoms with Crippen LogP contribution in [0, 0.1) is 13.8 Å². The maximum absolute atomic E-state index is 13.5. The van der Waals surface area contributed by atoms with E-state index in [9.17, 15) is 4.79 Å². The van der Waals surface area contributed by atoms with E-state index in [4.69, 9.17) is 9.72 Å². The van der Waals surface area contributed by atoms with Crippen molar-refractivity contribution in [3.8, 4) is 22.4 Å². The first-order valence-corrected chi connectivity index (χ1v) is 11.7. The molecule has 4 heterocycles. The highest BCUT2D eigenvalue weighted by Gasteiger charge is 2.18. The van der Waals surface area contributed by atoms with Gasteiger partial charge in [0.2, 0.25) is 5.95 Å². The first-order chi connectivity index (χ1) is 16.5. The summed E-state index contributed by atoms with van der Waals surface area (Å²) < 4.78 is 7.15. The largest absolute Gasteiger partial charge is 0.381 e. The molecule has 5 rings (SSSR count). The predicted octanol–water partition coefficient (Wildman–Crippen LogP) is 4.14. The van der Waals surface area contributed by atoms with Crippen molar-refractivity contribution in [1.29, 1.82) is 0 Å². The molecule has 1 saturated heterocycles. The number of nitrogens with one attached hydrogen (secondary N) is 1. The van der Waals surface area contributed by atoms with Crippen LogP contribution in [0.5, 0.6) is 0 Å². The Morgan fingerprint density at radius 2 is 1.85 bits per heavy atom. The van der Waals surface area contributed by atoms with Gasteiger partial charge in [-0.1, -0.05) is 12.1 Å². The van der Waals surface area contributed by atoms with E-state index in [2.05, 4.69) is 26.3 Å². The number of fused-ring (bicyclic) bond motifs is 1. The minimum Gasteiger partial charge on any atom is -0.381 e. The molecule has 174 valence electrons. The van der Waals surface area contributed by atoms with Gasteiger partial charge in [0, 0.05) is 60.9 Å². The van der Waals surface area contributed by atoms with Crippen LogP contribution in [0.15, 0.2) is 47.7 Å². The quantitative estimate of drug-likeness (QED) is 0.482. The van der Waals surface area contributed by atoms with Crippen molar-refractivity contribution in [2.24, 2.45) is 0 Å². The van der Waals surface area contributed by atoms with Crippen LogP contribution >= 0.6 is 0 Å². The Balaban J connectivity index is 1.55. The van der Waals surface area contributed by atoms with Crippen LogP contribution in [0.1, 0.15) is 31.0 Å². The molecule has 1 N–H and O–H groups in total. The summed E-state index contributed by atoms with van der Waals surface area (Å²) in [5.74, 6) is 0.550. The van der Waals surface area contributed by atoms with E-state index >= 15 is 0 Å². The van der Waals surface area contributed by atoms with Gasteiger partial charge in [0.15, 0.2) is 0 Å². The average molecular weight is 457 g/mol. The van der Waals surface area contributed by atoms with Crippen molar-refractivity contribution in [2.45, 2.75) is 46.2 Å². The van der Waals surface area contributed by atoms with Crippen LogP contribution < -0.4 is 10.9 Å². The minimum absolute atomic E-state index is 0.0581. The fourth-order valence-corrected chi connectivity index (χ4v) is 4.54. The summed E-state index contributed by atoms with van der Waals surface area (Å²) >= 11 is 0. The molecule has 0 bridgehead atoms. The van der Waals surface area contributed by atoms with Gasteiger partial charge in [0.25, 0.3) is 5.56 Å². The van der Waals surface area contributed by atoms with Gasteiger partial charge in [-0.05, 0) is 56.9 Å². The Morgan fingerprint density at radius 1 is 1.06 bits per heavy atom. The summed E-state index contributed by atoms with van der Waals surface area (Å²) in [5.41, 5.74) is 5.82. The molecule has 8 heteroatoms. The molecule has 0 spiro atoms. The van der Waals surface area contributed by atoms with E-state index in [1.165, 1.54) is 0 Å². The Kier molecular flexibility index (Phi) is 6.06. The average Bonchev–Trinajstić information content (AvgIpc) is 2.85. The normalized spacial score (nSPS) is 14.4. The molecule has 8 nitrogen and oxygen atoms in total. The van der Waals surface area contributed by atoms with Gasteiger partial charge in [0.1, 0.15) is 5.65 Å². The lowest BCUT2D eigenvalue weighted by atomic mass is 9.97. The molecular weight excluding hydrogens is 428 g/mol. The molecule has 0 radical (unpaired) electrons. The van der Waals surface area contributed by atoms with Crippen LogP contribution in [0.25, 0.3) is 33.4 Å². The SMILES string of the molecule is CCn1c(=O)c(-c2ccc(-c3nccnc3C)cc2C)cc2cnc(NC3CCOCC3)nc21. The molecular formula is C26H28N6O2. The van der Waals surface area contributed by atoms with Crippen LogP contribution in [0.2, 0.25) is 0 Å². The van der Waals surface area contributed by atoms with Crippen molar-refractivity contribution in [3.05, 3.63) is 64.5 Å². The highest BCUT2D eigenvalue weighted by molar-refractivity contribution is 5.83. The Bertz CT molecular complexity index is 1410. The molecule has 1 aliphatic heterocycles. The topological polar surface area (TPSA) is 94.8 Å². The summed E-state index contributed by atoms with van der Waals surface area (Å²) in [6.07, 6.45) is 7.02. The lowest BCUT2D eigenvalue weighted by Crippen LogP contribution is -2.29. The number of nitrogens with zero attached hydrogens (tertiary/aromatic N) is 5. The lowest BCUT2D eigenvalue weighted by Gasteiger charge is -2.23. The standard InChI is InChI=1S/C26H28N6O2/c1-4-32-24-19(15-29-26(31-24)30-20-7-11-34-12-8-20)14-22(25(32)33)21-6-5-18(13-16(21)2)23-17(3)27-9-10-28-23/h5-6,9-10,13-15,20H,4,7-8,11-12H2,1-3H3,(H,29,30,31). The fraction of sp³-hybridized carbons (Fsp3) is 0.346. The van der Waals surface area contributed by atoms with Gasteiger partial charge in [-0.3, -0.25) is 19.3 Å². The zero-order chi connectivity index (χ0) is 23.7. The van der Waals surface area contributed by atoms with E-state index in [1.54, 1.807) is 23.2 Å². The van der Waals surface area contributed by atoms with Crippen molar-refractivity contribution in [2.75, 3.05) is 18.5 Å². The Morgan fingerprint density at radius 3 is 2.59 bits per heavy atom. The van der Waals surface area contributed by atoms with Crippen molar-refractivity contribution < 1.29 is 4.74 Å². The van der Waals surface area contributed by atoms with Gasteiger partial charge < -0.3 is 10.1 Å². The van der Waals surface area contributed by atoms with E-state index in [0.717, 1.165) is 59.5 Å². The number of aryl methyl sites for hydroxylation is 3. The van der Waals surface area contributed by atoms with Gasteiger partial charge in [-0.25, -0.2) is 4.98 Å². The first-order valence-electron chi connectivity index (χ1n) is 11.7. The van der Waals surface area contributed by atoms with Crippen LogP contribution in [-0.2, 0) is 11.3 Å². The zero-order valence-electron chi connectivity index (χ0n) is 19.7. The van der Waals surface area contributed by atoms with E-state index < -0.39 is 0 Å². The summed E-state index contributed by atoms with van der Waals surface area (Å²) in [6.45, 7) is 7.92. The van der Waals surface area contributed by atoms with Crippen LogP contribution in [0.4, 0.5) is 5.95 Å². The maximum Gasteiger partial charge on any atom is 0.260 e. The Hall–Kier alpha value is -3.65. The van der Waals surface area contributed by atoms with Crippen molar-refractivity contribution in [3.63, 3.8) is 0 Å². The number of ether oxygens (including phenoxy) is 1. The Labute approximate surface area is 198 Å². The second-order valence-electron chi connectivity index (χ2n) is 8.63. The minimum atomic E-state index is -0.0581. The molecule has 4 aromatic rings. The number of anilines is 1. The van der Waals surface area contributed by atoms with E-state index in [-0.39, 0.29) is 11.6 Å². The van der Waals surface area contributed by atoms with Gasteiger partial charge in [-0.2, -0.15) is 4.98 Å². The van der Waals surface area contributed by atoms with Gasteiger partial charge >= 0.3 is 0 Å². The third-order valence-corrected chi connectivity index (χ3v) is 6.37. The molecule has 0 saturated carbocycles. The smallest absolute Gasteiger partial charge is 0.260 e. The molecule has 0 unspecified atom stereocenters. The molecule has 0 aliphatic carbocycles. The summed E-state index contributed by atoms with van der Waals surface area (Å²) in [7, 11) is 0. The second-order valence-corrected chi connectivity index (χ2v) is 8.63. The van der Waals surface area contributed by atoms with Crippen molar-refractivity contribution >= 4 is 17.0 Å². The molecule has 34 heavy (non-hydrogen) atoms. The number of aromatic nitrogens is 5. The van der Waals surface area contributed by atoms with Gasteiger partial charge in [-0.15, -0.1) is 0 Å². The monoisotopic (exact) mass is 456 g/mol. The number of hydrogen-bond donors (Lipinski definition) is 1. The molecule has 3 aromatic heterocycles. The number of benzene rings is 1. The van der Waals surface area contributed by atoms with Crippen molar-refractivity contribution in [1.82, 2.24) is 24.5 Å². The molecule has 0 atom stereocenters.